The van der Waals surface area contributed by atoms with Gasteiger partial charge in [0.25, 0.3) is 0 Å². The molecule has 2 aliphatic rings. The lowest BCUT2D eigenvalue weighted by Crippen LogP contribution is -2.10. The van der Waals surface area contributed by atoms with Crippen LogP contribution in [0.5, 0.6) is 0 Å². The Morgan fingerprint density at radius 1 is 0.568 bits per heavy atom. The highest BCUT2D eigenvalue weighted by molar-refractivity contribution is 6.02. The third kappa shape index (κ3) is 3.17. The summed E-state index contributed by atoms with van der Waals surface area (Å²) < 4.78 is 12.2. The molecule has 0 aliphatic carbocycles. The van der Waals surface area contributed by atoms with Crippen molar-refractivity contribution in [1.82, 2.24) is 0 Å². The van der Waals surface area contributed by atoms with Crippen molar-refractivity contribution in [3.8, 4) is 0 Å². The third-order valence-corrected chi connectivity index (χ3v) is 7.24. The first-order chi connectivity index (χ1) is 18.3. The standard InChI is InChI=1S/C32H23N3O2/c1-2-6-21-17-22(10-9-20(21)5-1)35(23-11-13-27-25(18-23)31-29(36-27)7-3-15-33-31)24-12-14-28-26(19-24)32-30(37-28)8-4-16-34-32/h1-14,17-19,33-34H,15-16H2. The number of hydrogen-bond acceptors (Lipinski definition) is 5. The Balaban J connectivity index is 1.36. The lowest BCUT2D eigenvalue weighted by molar-refractivity contribution is 0.604. The molecule has 0 saturated carbocycles. The molecule has 2 N–H and O–H groups in total. The van der Waals surface area contributed by atoms with Gasteiger partial charge in [-0.2, -0.15) is 0 Å². The second-order valence-electron chi connectivity index (χ2n) is 9.48. The first-order valence-corrected chi connectivity index (χ1v) is 12.5. The minimum absolute atomic E-state index is 0.796. The van der Waals surface area contributed by atoms with Gasteiger partial charge in [0.05, 0.1) is 11.4 Å². The molecule has 2 aliphatic heterocycles. The number of anilines is 5. The van der Waals surface area contributed by atoms with Crippen LogP contribution in [0.2, 0.25) is 0 Å². The summed E-state index contributed by atoms with van der Waals surface area (Å²) in [6.45, 7) is 1.59. The molecule has 0 amide bonds. The molecular formula is C32H23N3O2. The van der Waals surface area contributed by atoms with Gasteiger partial charge in [-0.25, -0.2) is 0 Å². The molecule has 0 spiro atoms. The van der Waals surface area contributed by atoms with E-state index < -0.39 is 0 Å². The highest BCUT2D eigenvalue weighted by atomic mass is 16.3. The maximum absolute atomic E-state index is 6.11. The quantitative estimate of drug-likeness (QED) is 0.265. The van der Waals surface area contributed by atoms with Gasteiger partial charge in [0.15, 0.2) is 11.5 Å². The van der Waals surface area contributed by atoms with E-state index in [1.54, 1.807) is 0 Å². The molecule has 6 aromatic rings. The van der Waals surface area contributed by atoms with Crippen molar-refractivity contribution in [2.75, 3.05) is 28.6 Å². The van der Waals surface area contributed by atoms with E-state index in [2.05, 4.69) is 107 Å². The van der Waals surface area contributed by atoms with Crippen molar-refractivity contribution < 1.29 is 8.83 Å². The number of nitrogens with zero attached hydrogens (tertiary/aromatic N) is 1. The van der Waals surface area contributed by atoms with E-state index >= 15 is 0 Å². The van der Waals surface area contributed by atoms with Gasteiger partial charge in [-0.15, -0.1) is 0 Å². The average molecular weight is 482 g/mol. The Morgan fingerprint density at radius 2 is 1.11 bits per heavy atom. The van der Waals surface area contributed by atoms with Crippen molar-refractivity contribution in [2.24, 2.45) is 0 Å². The normalized spacial score (nSPS) is 13.9. The number of rotatable bonds is 3. The Kier molecular flexibility index (Phi) is 4.28. The van der Waals surface area contributed by atoms with Gasteiger partial charge >= 0.3 is 0 Å². The molecule has 0 bridgehead atoms. The smallest absolute Gasteiger partial charge is 0.151 e. The molecule has 0 unspecified atom stereocenters. The topological polar surface area (TPSA) is 53.6 Å². The van der Waals surface area contributed by atoms with E-state index in [1.807, 2.05) is 12.2 Å². The molecule has 4 aromatic carbocycles. The van der Waals surface area contributed by atoms with Crippen LogP contribution >= 0.6 is 0 Å². The summed E-state index contributed by atoms with van der Waals surface area (Å²) in [5.41, 5.74) is 7.07. The van der Waals surface area contributed by atoms with E-state index in [0.29, 0.717) is 0 Å². The van der Waals surface area contributed by atoms with Crippen LogP contribution in [0.15, 0.2) is 99.8 Å². The average Bonchev–Trinajstić information content (AvgIpc) is 3.51. The summed E-state index contributed by atoms with van der Waals surface area (Å²) in [6.07, 6.45) is 8.25. The van der Waals surface area contributed by atoms with Crippen molar-refractivity contribution in [3.05, 3.63) is 103 Å². The van der Waals surface area contributed by atoms with Gasteiger partial charge in [-0.05, 0) is 71.5 Å². The lowest BCUT2D eigenvalue weighted by atomic mass is 10.1. The molecule has 0 fully saturated rings. The van der Waals surface area contributed by atoms with Crippen LogP contribution in [-0.2, 0) is 0 Å². The summed E-state index contributed by atoms with van der Waals surface area (Å²) in [4.78, 5) is 2.31. The number of benzene rings is 4. The first kappa shape index (κ1) is 20.3. The zero-order valence-corrected chi connectivity index (χ0v) is 20.0. The van der Waals surface area contributed by atoms with Crippen LogP contribution in [0.3, 0.4) is 0 Å². The van der Waals surface area contributed by atoms with Crippen molar-refractivity contribution in [1.29, 1.82) is 0 Å². The molecule has 5 nitrogen and oxygen atoms in total. The Labute approximate surface area is 213 Å². The molecule has 2 aromatic heterocycles. The molecule has 37 heavy (non-hydrogen) atoms. The molecule has 0 atom stereocenters. The van der Waals surface area contributed by atoms with E-state index in [9.17, 15) is 0 Å². The van der Waals surface area contributed by atoms with Gasteiger partial charge in [0, 0.05) is 40.9 Å². The number of nitrogens with one attached hydrogen (secondary N) is 2. The van der Waals surface area contributed by atoms with Crippen LogP contribution < -0.4 is 15.5 Å². The Hall–Kier alpha value is -4.90. The van der Waals surface area contributed by atoms with Gasteiger partial charge in [0.1, 0.15) is 11.2 Å². The third-order valence-electron chi connectivity index (χ3n) is 7.24. The first-order valence-electron chi connectivity index (χ1n) is 12.5. The van der Waals surface area contributed by atoms with E-state index in [-0.39, 0.29) is 0 Å². The van der Waals surface area contributed by atoms with E-state index in [4.69, 9.17) is 8.83 Å². The fraction of sp³-hybridized carbons (Fsp3) is 0.0625. The Morgan fingerprint density at radius 3 is 1.73 bits per heavy atom. The second-order valence-corrected chi connectivity index (χ2v) is 9.48. The van der Waals surface area contributed by atoms with Crippen LogP contribution in [-0.4, -0.2) is 13.1 Å². The predicted octanol–water partition coefficient (Wildman–Crippen LogP) is 8.68. The SMILES string of the molecule is C1=Cc2oc3ccc(N(c4ccc5ccccc5c4)c4ccc5oc6c(c5c4)NCC=C6)cc3c2NC1. The molecule has 0 radical (unpaired) electrons. The van der Waals surface area contributed by atoms with Crippen LogP contribution in [0.4, 0.5) is 28.4 Å². The molecule has 8 rings (SSSR count). The molecule has 0 saturated heterocycles. The van der Waals surface area contributed by atoms with Crippen molar-refractivity contribution in [2.45, 2.75) is 0 Å². The van der Waals surface area contributed by atoms with Crippen LogP contribution in [0.25, 0.3) is 44.9 Å². The minimum atomic E-state index is 0.796. The zero-order chi connectivity index (χ0) is 24.3. The highest BCUT2D eigenvalue weighted by Crippen LogP contribution is 2.43. The second kappa shape index (κ2) is 7.80. The van der Waals surface area contributed by atoms with Gasteiger partial charge in [-0.1, -0.05) is 42.5 Å². The van der Waals surface area contributed by atoms with Gasteiger partial charge < -0.3 is 24.4 Å². The highest BCUT2D eigenvalue weighted by Gasteiger charge is 2.21. The molecule has 5 heteroatoms. The number of hydrogen-bond donors (Lipinski definition) is 2. The van der Waals surface area contributed by atoms with Crippen molar-refractivity contribution in [3.63, 3.8) is 0 Å². The summed E-state index contributed by atoms with van der Waals surface area (Å²) in [5, 5.41) is 11.5. The lowest BCUT2D eigenvalue weighted by Gasteiger charge is -2.26. The van der Waals surface area contributed by atoms with Crippen LogP contribution in [0.1, 0.15) is 11.5 Å². The molecular weight excluding hydrogens is 458 g/mol. The number of fused-ring (bicyclic) bond motifs is 7. The Bertz CT molecular complexity index is 1810. The predicted molar refractivity (Wildman–Crippen MR) is 153 cm³/mol. The zero-order valence-electron chi connectivity index (χ0n) is 20.0. The minimum Gasteiger partial charge on any atom is -0.454 e. The van der Waals surface area contributed by atoms with Crippen molar-refractivity contribution >= 4 is 73.3 Å². The van der Waals surface area contributed by atoms with E-state index in [0.717, 1.165) is 75.0 Å². The van der Waals surface area contributed by atoms with Crippen LogP contribution in [0, 0.1) is 0 Å². The maximum atomic E-state index is 6.11. The fourth-order valence-electron chi connectivity index (χ4n) is 5.50. The number of furan rings is 2. The maximum Gasteiger partial charge on any atom is 0.151 e. The fourth-order valence-corrected chi connectivity index (χ4v) is 5.50. The summed E-state index contributed by atoms with van der Waals surface area (Å²) in [7, 11) is 0. The van der Waals surface area contributed by atoms with E-state index in [1.165, 1.54) is 10.8 Å². The largest absolute Gasteiger partial charge is 0.454 e. The summed E-state index contributed by atoms with van der Waals surface area (Å²) in [5.74, 6) is 1.75. The summed E-state index contributed by atoms with van der Waals surface area (Å²) >= 11 is 0. The van der Waals surface area contributed by atoms with Gasteiger partial charge in [-0.3, -0.25) is 0 Å². The molecule has 178 valence electrons. The summed E-state index contributed by atoms with van der Waals surface area (Å²) in [6, 6.07) is 27.9. The molecule has 4 heterocycles. The van der Waals surface area contributed by atoms with Gasteiger partial charge in [0.2, 0.25) is 0 Å². The monoisotopic (exact) mass is 481 g/mol.